The van der Waals surface area contributed by atoms with Gasteiger partial charge in [0.2, 0.25) is 5.91 Å². The molecule has 0 radical (unpaired) electrons. The molecule has 0 unspecified atom stereocenters. The first-order valence-corrected chi connectivity index (χ1v) is 10.2. The molecule has 1 aromatic heterocycles. The molecule has 0 aromatic carbocycles. The van der Waals surface area contributed by atoms with Crippen molar-refractivity contribution in [3.8, 4) is 0 Å². The summed E-state index contributed by atoms with van der Waals surface area (Å²) in [7, 11) is -3.22. The van der Waals surface area contributed by atoms with E-state index >= 15 is 0 Å². The van der Waals surface area contributed by atoms with Crippen LogP contribution in [0.5, 0.6) is 0 Å². The van der Waals surface area contributed by atoms with Gasteiger partial charge in [0.25, 0.3) is 0 Å². The van der Waals surface area contributed by atoms with Gasteiger partial charge in [0.1, 0.15) is 5.82 Å². The van der Waals surface area contributed by atoms with Crippen molar-refractivity contribution >= 4 is 21.6 Å². The number of rotatable bonds is 8. The van der Waals surface area contributed by atoms with Crippen molar-refractivity contribution in [2.45, 2.75) is 43.5 Å². The minimum absolute atomic E-state index is 0.0859. The molecule has 0 saturated heterocycles. The van der Waals surface area contributed by atoms with E-state index in [9.17, 15) is 26.4 Å². The van der Waals surface area contributed by atoms with Crippen LogP contribution in [0.4, 0.5) is 19.0 Å². The number of hydrogen-bond donors (Lipinski definition) is 2. The van der Waals surface area contributed by atoms with Crippen LogP contribution in [-0.2, 0) is 20.8 Å². The lowest BCUT2D eigenvalue weighted by atomic mass is 10.3. The summed E-state index contributed by atoms with van der Waals surface area (Å²) >= 11 is 0. The molecular weight excluding hydrogens is 371 g/mol. The molecule has 2 N–H and O–H groups in total. The van der Waals surface area contributed by atoms with Crippen molar-refractivity contribution in [2.75, 3.05) is 24.2 Å². The average molecular weight is 393 g/mol. The van der Waals surface area contributed by atoms with E-state index in [4.69, 9.17) is 0 Å². The van der Waals surface area contributed by atoms with Crippen molar-refractivity contribution in [1.82, 2.24) is 10.3 Å². The number of sulfone groups is 1. The number of hydrogen-bond acceptors (Lipinski definition) is 5. The molecule has 1 heterocycles. The van der Waals surface area contributed by atoms with Crippen LogP contribution in [0.25, 0.3) is 0 Å². The highest BCUT2D eigenvalue weighted by Crippen LogP contribution is 2.28. The maximum absolute atomic E-state index is 12.4. The van der Waals surface area contributed by atoms with Crippen LogP contribution < -0.4 is 10.6 Å². The number of nitrogens with zero attached hydrogens (tertiary/aromatic N) is 1. The predicted molar refractivity (Wildman–Crippen MR) is 91.4 cm³/mol. The average Bonchev–Trinajstić information content (AvgIpc) is 3.12. The van der Waals surface area contributed by atoms with Gasteiger partial charge in [-0.15, -0.1) is 0 Å². The molecule has 0 bridgehead atoms. The number of anilines is 1. The predicted octanol–water partition coefficient (Wildman–Crippen LogP) is 2.38. The topological polar surface area (TPSA) is 88.2 Å². The van der Waals surface area contributed by atoms with Crippen molar-refractivity contribution in [1.29, 1.82) is 0 Å². The quantitative estimate of drug-likeness (QED) is 0.662. The molecule has 1 aliphatic rings. The van der Waals surface area contributed by atoms with E-state index in [1.54, 1.807) is 0 Å². The molecule has 146 valence electrons. The molecule has 26 heavy (non-hydrogen) atoms. The number of nitrogens with one attached hydrogen (secondary N) is 2. The molecule has 2 rings (SSSR count). The molecule has 1 fully saturated rings. The maximum atomic E-state index is 12.4. The van der Waals surface area contributed by atoms with E-state index in [2.05, 4.69) is 15.6 Å². The summed E-state index contributed by atoms with van der Waals surface area (Å²) in [6.07, 6.45) is -0.605. The van der Waals surface area contributed by atoms with Gasteiger partial charge in [-0.1, -0.05) is 12.8 Å². The zero-order valence-corrected chi connectivity index (χ0v) is 15.0. The molecular formula is C16H22F3N3O3S. The van der Waals surface area contributed by atoms with Crippen molar-refractivity contribution in [2.24, 2.45) is 0 Å². The summed E-state index contributed by atoms with van der Waals surface area (Å²) < 4.78 is 61.4. The highest BCUT2D eigenvalue weighted by Gasteiger charge is 2.30. The Morgan fingerprint density at radius 2 is 1.88 bits per heavy atom. The highest BCUT2D eigenvalue weighted by atomic mass is 32.2. The first kappa shape index (κ1) is 20.5. The third-order valence-corrected chi connectivity index (χ3v) is 6.53. The summed E-state index contributed by atoms with van der Waals surface area (Å²) in [4.78, 5) is 15.4. The second kappa shape index (κ2) is 8.70. The van der Waals surface area contributed by atoms with Crippen LogP contribution in [0.15, 0.2) is 18.3 Å². The van der Waals surface area contributed by atoms with Crippen LogP contribution in [0.1, 0.15) is 37.7 Å². The number of carbonyl (C=O) groups is 1. The van der Waals surface area contributed by atoms with E-state index < -0.39 is 21.6 Å². The Labute approximate surface area is 150 Å². The van der Waals surface area contributed by atoms with E-state index in [1.807, 2.05) is 0 Å². The second-order valence-electron chi connectivity index (χ2n) is 6.23. The van der Waals surface area contributed by atoms with Crippen LogP contribution in [0.3, 0.4) is 0 Å². The minimum Gasteiger partial charge on any atom is -0.368 e. The Bertz CT molecular complexity index is 700. The van der Waals surface area contributed by atoms with Gasteiger partial charge in [0, 0.05) is 25.7 Å². The number of aromatic nitrogens is 1. The van der Waals surface area contributed by atoms with Crippen LogP contribution >= 0.6 is 0 Å². The smallest absolute Gasteiger partial charge is 0.368 e. The van der Waals surface area contributed by atoms with E-state index in [0.717, 1.165) is 25.1 Å². The minimum atomic E-state index is -4.43. The van der Waals surface area contributed by atoms with Gasteiger partial charge >= 0.3 is 6.18 Å². The third kappa shape index (κ3) is 6.15. The van der Waals surface area contributed by atoms with Crippen molar-refractivity contribution in [3.05, 3.63) is 23.9 Å². The van der Waals surface area contributed by atoms with E-state index in [0.29, 0.717) is 12.8 Å². The summed E-state index contributed by atoms with van der Waals surface area (Å²) in [5, 5.41) is 5.05. The van der Waals surface area contributed by atoms with Gasteiger partial charge in [-0.25, -0.2) is 13.4 Å². The number of carbonyl (C=O) groups excluding carboxylic acids is 1. The van der Waals surface area contributed by atoms with Crippen LogP contribution in [0, 0.1) is 0 Å². The van der Waals surface area contributed by atoms with Gasteiger partial charge in [-0.3, -0.25) is 4.79 Å². The Morgan fingerprint density at radius 3 is 2.46 bits per heavy atom. The number of alkyl halides is 3. The van der Waals surface area contributed by atoms with Gasteiger partial charge in [-0.05, 0) is 25.0 Å². The van der Waals surface area contributed by atoms with E-state index in [1.165, 1.54) is 6.07 Å². The molecule has 0 aliphatic heterocycles. The molecule has 10 heteroatoms. The lowest BCUT2D eigenvalue weighted by molar-refractivity contribution is -0.137. The maximum Gasteiger partial charge on any atom is 0.417 e. The Hall–Kier alpha value is -1.84. The normalized spacial score (nSPS) is 15.8. The van der Waals surface area contributed by atoms with E-state index in [-0.39, 0.29) is 42.2 Å². The first-order valence-electron chi connectivity index (χ1n) is 8.44. The molecule has 6 nitrogen and oxygen atoms in total. The first-order chi connectivity index (χ1) is 12.2. The van der Waals surface area contributed by atoms with Crippen molar-refractivity contribution < 1.29 is 26.4 Å². The summed E-state index contributed by atoms with van der Waals surface area (Å²) in [5.74, 6) is -0.262. The fourth-order valence-corrected chi connectivity index (χ4v) is 4.65. The molecule has 0 spiro atoms. The molecule has 1 aliphatic carbocycles. The Balaban J connectivity index is 1.65. The highest BCUT2D eigenvalue weighted by molar-refractivity contribution is 7.92. The summed E-state index contributed by atoms with van der Waals surface area (Å²) in [6, 6.07) is 2.13. The number of amides is 1. The second-order valence-corrected chi connectivity index (χ2v) is 8.63. The fraction of sp³-hybridized carbons (Fsp3) is 0.625. The monoisotopic (exact) mass is 393 g/mol. The van der Waals surface area contributed by atoms with Crippen LogP contribution in [0.2, 0.25) is 0 Å². The lowest BCUT2D eigenvalue weighted by Gasteiger charge is -2.11. The zero-order valence-electron chi connectivity index (χ0n) is 14.2. The fourth-order valence-electron chi connectivity index (χ4n) is 2.80. The molecule has 1 aromatic rings. The standard InChI is InChI=1S/C16H22F3N3O3S/c17-16(18,19)12-5-6-14(22-11-12)20-8-9-21-15(23)7-10-26(24,25)13-3-1-2-4-13/h5-6,11,13H,1-4,7-10H2,(H,20,22)(H,21,23). The Morgan fingerprint density at radius 1 is 1.19 bits per heavy atom. The van der Waals surface area contributed by atoms with Crippen molar-refractivity contribution in [3.63, 3.8) is 0 Å². The molecule has 0 atom stereocenters. The van der Waals surface area contributed by atoms with Gasteiger partial charge in [-0.2, -0.15) is 13.2 Å². The Kier molecular flexibility index (Phi) is 6.85. The number of halogens is 3. The SMILES string of the molecule is O=C(CCS(=O)(=O)C1CCCC1)NCCNc1ccc(C(F)(F)F)cn1. The van der Waals surface area contributed by atoms with Crippen LogP contribution in [-0.4, -0.2) is 43.4 Å². The number of pyridine rings is 1. The molecule has 1 saturated carbocycles. The van der Waals surface area contributed by atoms with Gasteiger partial charge < -0.3 is 10.6 Å². The summed E-state index contributed by atoms with van der Waals surface area (Å²) in [6.45, 7) is 0.477. The lowest BCUT2D eigenvalue weighted by Crippen LogP contribution is -2.31. The summed E-state index contributed by atoms with van der Waals surface area (Å²) in [5.41, 5.74) is -0.833. The third-order valence-electron chi connectivity index (χ3n) is 4.27. The van der Waals surface area contributed by atoms with Gasteiger partial charge in [0.05, 0.1) is 16.6 Å². The zero-order chi connectivity index (χ0) is 19.2. The largest absolute Gasteiger partial charge is 0.417 e. The molecule has 1 amide bonds. The van der Waals surface area contributed by atoms with Gasteiger partial charge in [0.15, 0.2) is 9.84 Å².